The Labute approximate surface area is 242 Å². The summed E-state index contributed by atoms with van der Waals surface area (Å²) in [7, 11) is 0. The quantitative estimate of drug-likeness (QED) is 0.154. The van der Waals surface area contributed by atoms with Gasteiger partial charge in [-0.2, -0.15) is 0 Å². The predicted molar refractivity (Wildman–Crippen MR) is 168 cm³/mol. The van der Waals surface area contributed by atoms with E-state index >= 15 is 0 Å². The number of thioether (sulfide) groups is 1. The molecule has 2 aromatic carbocycles. The van der Waals surface area contributed by atoms with E-state index in [1.165, 1.54) is 76.2 Å². The van der Waals surface area contributed by atoms with Crippen molar-refractivity contribution < 1.29 is 9.53 Å². The highest BCUT2D eigenvalue weighted by atomic mass is 32.2. The van der Waals surface area contributed by atoms with Gasteiger partial charge in [0, 0.05) is 24.9 Å². The fourth-order valence-electron chi connectivity index (χ4n) is 4.99. The van der Waals surface area contributed by atoms with Gasteiger partial charge in [-0.25, -0.2) is 0 Å². The molecular formula is C34H50N2O2S. The first-order valence-corrected chi connectivity index (χ1v) is 16.4. The van der Waals surface area contributed by atoms with Gasteiger partial charge < -0.3 is 14.5 Å². The molecule has 0 atom stereocenters. The number of carbonyl (C=O) groups is 1. The maximum atomic E-state index is 12.9. The first-order valence-electron chi connectivity index (χ1n) is 15.3. The van der Waals surface area contributed by atoms with Crippen LogP contribution in [0.1, 0.15) is 108 Å². The monoisotopic (exact) mass is 550 g/mol. The Hall–Kier alpha value is -2.40. The first kappa shape index (κ1) is 31.1. The summed E-state index contributed by atoms with van der Waals surface area (Å²) in [5, 5.41) is 2.13. The lowest BCUT2D eigenvalue weighted by atomic mass is 10.1. The highest BCUT2D eigenvalue weighted by Gasteiger charge is 2.16. The topological polar surface area (TPSA) is 32.8 Å². The van der Waals surface area contributed by atoms with Crippen LogP contribution in [-0.2, 0) is 17.9 Å². The van der Waals surface area contributed by atoms with Crippen LogP contribution in [0.3, 0.4) is 0 Å². The second-order valence-corrected chi connectivity index (χ2v) is 11.6. The number of anilines is 1. The van der Waals surface area contributed by atoms with Crippen LogP contribution < -0.4 is 9.64 Å². The van der Waals surface area contributed by atoms with Gasteiger partial charge in [0.2, 0.25) is 5.91 Å². The van der Waals surface area contributed by atoms with Crippen molar-refractivity contribution in [3.05, 3.63) is 71.3 Å². The predicted octanol–water partition coefficient (Wildman–Crippen LogP) is 9.69. The molecule has 0 aliphatic carbocycles. The van der Waals surface area contributed by atoms with Gasteiger partial charge in [0.25, 0.3) is 0 Å². The van der Waals surface area contributed by atoms with E-state index in [0.717, 1.165) is 42.4 Å². The van der Waals surface area contributed by atoms with E-state index in [1.54, 1.807) is 0 Å². The standard InChI is InChI=1S/C34H50N2O2S/c1-3-5-6-7-8-9-10-11-12-13-14-15-24-38-33-21-19-30(20-22-33)28-36(34(37)4-2)32-18-16-17-31(26-32)27-35-23-25-39-29-35/h16-23,25-26H,3-15,24,27-29H2,1-2H3. The summed E-state index contributed by atoms with van der Waals surface area (Å²) in [5.41, 5.74) is 3.29. The molecule has 214 valence electrons. The van der Waals surface area contributed by atoms with Crippen LogP contribution >= 0.6 is 11.8 Å². The molecule has 0 aromatic heterocycles. The lowest BCUT2D eigenvalue weighted by Gasteiger charge is -2.24. The summed E-state index contributed by atoms with van der Waals surface area (Å²) in [5.74, 6) is 2.03. The molecule has 5 heteroatoms. The first-order chi connectivity index (χ1) is 19.2. The van der Waals surface area contributed by atoms with Gasteiger partial charge in [-0.05, 0) is 47.2 Å². The second kappa shape index (κ2) is 18.8. The van der Waals surface area contributed by atoms with Gasteiger partial charge in [0.1, 0.15) is 5.75 Å². The average molecular weight is 551 g/mol. The minimum absolute atomic E-state index is 0.135. The van der Waals surface area contributed by atoms with Crippen LogP contribution in [0, 0.1) is 0 Å². The van der Waals surface area contributed by atoms with Crippen molar-refractivity contribution in [2.45, 2.75) is 110 Å². The number of rotatable bonds is 20. The van der Waals surface area contributed by atoms with E-state index in [9.17, 15) is 4.79 Å². The summed E-state index contributed by atoms with van der Waals surface area (Å²) in [4.78, 5) is 17.1. The van der Waals surface area contributed by atoms with Crippen molar-refractivity contribution in [3.8, 4) is 5.75 Å². The number of benzene rings is 2. The Morgan fingerprint density at radius 1 is 0.846 bits per heavy atom. The van der Waals surface area contributed by atoms with Gasteiger partial charge in [-0.1, -0.05) is 109 Å². The van der Waals surface area contributed by atoms with E-state index in [1.807, 2.05) is 41.8 Å². The number of hydrogen-bond acceptors (Lipinski definition) is 4. The largest absolute Gasteiger partial charge is 0.494 e. The third-order valence-corrected chi connectivity index (χ3v) is 8.15. The fraction of sp³-hybridized carbons (Fsp3) is 0.559. The van der Waals surface area contributed by atoms with Crippen LogP contribution in [-0.4, -0.2) is 23.3 Å². The number of hydrogen-bond donors (Lipinski definition) is 0. The van der Waals surface area contributed by atoms with Crippen molar-refractivity contribution in [2.24, 2.45) is 0 Å². The maximum Gasteiger partial charge on any atom is 0.227 e. The smallest absolute Gasteiger partial charge is 0.227 e. The molecule has 3 rings (SSSR count). The molecule has 0 unspecified atom stereocenters. The molecule has 0 saturated heterocycles. The van der Waals surface area contributed by atoms with Crippen LogP contribution in [0.4, 0.5) is 5.69 Å². The normalized spacial score (nSPS) is 12.7. The van der Waals surface area contributed by atoms with Crippen molar-refractivity contribution in [2.75, 3.05) is 17.4 Å². The zero-order valence-corrected chi connectivity index (χ0v) is 25.2. The summed E-state index contributed by atoms with van der Waals surface area (Å²) >= 11 is 1.81. The van der Waals surface area contributed by atoms with Gasteiger partial charge in [-0.15, -0.1) is 11.8 Å². The number of amides is 1. The fourth-order valence-corrected chi connectivity index (χ4v) is 5.70. The molecule has 0 N–H and O–H groups in total. The highest BCUT2D eigenvalue weighted by Crippen LogP contribution is 2.24. The minimum Gasteiger partial charge on any atom is -0.494 e. The van der Waals surface area contributed by atoms with Crippen LogP contribution in [0.25, 0.3) is 0 Å². The van der Waals surface area contributed by atoms with Gasteiger partial charge in [0.05, 0.1) is 19.0 Å². The van der Waals surface area contributed by atoms with Gasteiger partial charge in [0.15, 0.2) is 0 Å². The molecule has 1 heterocycles. The molecule has 0 spiro atoms. The molecule has 0 radical (unpaired) electrons. The van der Waals surface area contributed by atoms with E-state index in [4.69, 9.17) is 4.74 Å². The third kappa shape index (κ3) is 12.1. The number of carbonyl (C=O) groups excluding carboxylic acids is 1. The molecule has 39 heavy (non-hydrogen) atoms. The third-order valence-electron chi connectivity index (χ3n) is 7.35. The Balaban J connectivity index is 1.36. The van der Waals surface area contributed by atoms with Crippen molar-refractivity contribution in [1.29, 1.82) is 0 Å². The molecule has 4 nitrogen and oxygen atoms in total. The molecule has 2 aromatic rings. The number of ether oxygens (including phenoxy) is 1. The summed E-state index contributed by atoms with van der Waals surface area (Å²) < 4.78 is 6.00. The zero-order chi connectivity index (χ0) is 27.5. The molecule has 1 aliphatic heterocycles. The zero-order valence-electron chi connectivity index (χ0n) is 24.4. The van der Waals surface area contributed by atoms with Gasteiger partial charge >= 0.3 is 0 Å². The van der Waals surface area contributed by atoms with Gasteiger partial charge in [-0.3, -0.25) is 4.79 Å². The van der Waals surface area contributed by atoms with E-state index < -0.39 is 0 Å². The maximum absolute atomic E-state index is 12.9. The molecule has 1 amide bonds. The summed E-state index contributed by atoms with van der Waals surface area (Å²) in [6, 6.07) is 16.6. The Morgan fingerprint density at radius 2 is 1.51 bits per heavy atom. The Kier molecular flexibility index (Phi) is 15.0. The SMILES string of the molecule is CCCCCCCCCCCCCCOc1ccc(CN(C(=O)CC)c2cccc(CN3C=CSC3)c2)cc1. The number of unbranched alkanes of at least 4 members (excludes halogenated alkanes) is 11. The minimum atomic E-state index is 0.135. The van der Waals surface area contributed by atoms with Crippen molar-refractivity contribution >= 4 is 23.4 Å². The van der Waals surface area contributed by atoms with E-state index in [-0.39, 0.29) is 5.91 Å². The van der Waals surface area contributed by atoms with E-state index in [0.29, 0.717) is 13.0 Å². The lowest BCUT2D eigenvalue weighted by molar-refractivity contribution is -0.118. The average Bonchev–Trinajstić information content (AvgIpc) is 3.47. The van der Waals surface area contributed by atoms with Crippen molar-refractivity contribution in [3.63, 3.8) is 0 Å². The molecule has 0 bridgehead atoms. The Morgan fingerprint density at radius 3 is 2.13 bits per heavy atom. The lowest BCUT2D eigenvalue weighted by Crippen LogP contribution is -2.29. The molecule has 0 saturated carbocycles. The molecule has 0 fully saturated rings. The second-order valence-electron chi connectivity index (χ2n) is 10.7. The highest BCUT2D eigenvalue weighted by molar-refractivity contribution is 8.02. The van der Waals surface area contributed by atoms with Crippen LogP contribution in [0.2, 0.25) is 0 Å². The molecular weight excluding hydrogens is 500 g/mol. The number of nitrogens with zero attached hydrogens (tertiary/aromatic N) is 2. The van der Waals surface area contributed by atoms with Crippen LogP contribution in [0.5, 0.6) is 5.75 Å². The summed E-state index contributed by atoms with van der Waals surface area (Å²) in [6.07, 6.45) is 18.8. The molecule has 1 aliphatic rings. The summed E-state index contributed by atoms with van der Waals surface area (Å²) in [6.45, 7) is 6.40. The Bertz CT molecular complexity index is 975. The van der Waals surface area contributed by atoms with E-state index in [2.05, 4.69) is 53.8 Å². The van der Waals surface area contributed by atoms with Crippen molar-refractivity contribution in [1.82, 2.24) is 4.90 Å². The van der Waals surface area contributed by atoms with Crippen LogP contribution in [0.15, 0.2) is 60.1 Å².